The molecule has 13 nitrogen and oxygen atoms in total. The summed E-state index contributed by atoms with van der Waals surface area (Å²) in [6, 6.07) is 5.12. The second kappa shape index (κ2) is 16.2. The summed E-state index contributed by atoms with van der Waals surface area (Å²) in [4.78, 5) is 74.3. The van der Waals surface area contributed by atoms with Crippen LogP contribution in [0.25, 0.3) is 10.8 Å². The number of ether oxygens (including phenoxy) is 3. The zero-order chi connectivity index (χ0) is 42.1. The number of carbonyl (C=O) groups excluding carboxylic acids is 5. The van der Waals surface area contributed by atoms with Crippen LogP contribution in [0.2, 0.25) is 0 Å². The zero-order valence-electron chi connectivity index (χ0n) is 34.8. The highest BCUT2D eigenvalue weighted by Gasteiger charge is 2.61. The van der Waals surface area contributed by atoms with Gasteiger partial charge in [-0.1, -0.05) is 18.9 Å². The summed E-state index contributed by atoms with van der Waals surface area (Å²) in [5.74, 6) is -3.64. The standard InChI is InChI=1S/C40H53N3O10S/c1-8-27-21-40(27,38(48)42-54(49,50)31-12-13-31)22-34(45)33-20-30(52-36-32-14-11-29(51-7)18-25(32)15-16-41-36)23-43(33)37(47)26(9-10-28(44)17-24(2)3)19-35(46)53-39(4,5)6/h11,14-18,26-27,30-31,33H,8-10,12-13,19-23H2,1-7H3,(H,42,48)/t26-,27-,30-,33+,40-/m1/s1/i7D3. The molecule has 1 aliphatic heterocycles. The van der Waals surface area contributed by atoms with E-state index in [0.717, 1.165) is 5.57 Å². The minimum atomic E-state index is -3.88. The summed E-state index contributed by atoms with van der Waals surface area (Å²) in [6.45, 7) is 10.4. The number of hydrogen-bond acceptors (Lipinski definition) is 11. The molecule has 2 amide bonds. The van der Waals surface area contributed by atoms with Crippen LogP contribution in [0, 0.1) is 17.3 Å². The molecule has 3 fully saturated rings. The molecule has 1 aromatic heterocycles. The van der Waals surface area contributed by atoms with E-state index in [2.05, 4.69) is 9.71 Å². The lowest BCUT2D eigenvalue weighted by Gasteiger charge is -2.29. The first-order valence-electron chi connectivity index (χ1n) is 20.0. The number of aromatic nitrogens is 1. The van der Waals surface area contributed by atoms with Gasteiger partial charge in [-0.15, -0.1) is 0 Å². The van der Waals surface area contributed by atoms with Gasteiger partial charge in [0.05, 0.1) is 40.8 Å². The van der Waals surface area contributed by atoms with Gasteiger partial charge in [0.1, 0.15) is 17.5 Å². The van der Waals surface area contributed by atoms with Crippen molar-refractivity contribution in [2.75, 3.05) is 13.6 Å². The Balaban J connectivity index is 1.45. The Bertz CT molecular complexity index is 2040. The van der Waals surface area contributed by atoms with Gasteiger partial charge in [0.15, 0.2) is 11.6 Å². The molecule has 14 heteroatoms. The van der Waals surface area contributed by atoms with Gasteiger partial charge >= 0.3 is 5.97 Å². The first kappa shape index (κ1) is 36.6. The van der Waals surface area contributed by atoms with Crippen molar-refractivity contribution in [1.82, 2.24) is 14.6 Å². The quantitative estimate of drug-likeness (QED) is 0.165. The van der Waals surface area contributed by atoms with Crippen LogP contribution in [0.1, 0.15) is 103 Å². The van der Waals surface area contributed by atoms with E-state index in [1.54, 1.807) is 46.8 Å². The lowest BCUT2D eigenvalue weighted by atomic mass is 9.90. The second-order valence-corrected chi connectivity index (χ2v) is 18.0. The maximum Gasteiger partial charge on any atom is 0.307 e. The van der Waals surface area contributed by atoms with Crippen LogP contribution in [0.3, 0.4) is 0 Å². The number of pyridine rings is 1. The molecule has 0 spiro atoms. The molecule has 1 aromatic carbocycles. The molecule has 1 N–H and O–H groups in total. The molecule has 5 rings (SSSR count). The van der Waals surface area contributed by atoms with Crippen molar-refractivity contribution in [3.8, 4) is 11.6 Å². The lowest BCUT2D eigenvalue weighted by molar-refractivity contribution is -0.159. The molecule has 0 radical (unpaired) electrons. The van der Waals surface area contributed by atoms with E-state index in [1.165, 1.54) is 29.3 Å². The van der Waals surface area contributed by atoms with Crippen molar-refractivity contribution in [3.05, 3.63) is 42.1 Å². The number of rotatable bonds is 17. The summed E-state index contributed by atoms with van der Waals surface area (Å²) >= 11 is 0. The summed E-state index contributed by atoms with van der Waals surface area (Å²) in [5.41, 5.74) is -1.34. The highest BCUT2D eigenvalue weighted by molar-refractivity contribution is 7.90. The van der Waals surface area contributed by atoms with Crippen LogP contribution < -0.4 is 14.2 Å². The van der Waals surface area contributed by atoms with Crippen molar-refractivity contribution in [2.24, 2.45) is 17.3 Å². The summed E-state index contributed by atoms with van der Waals surface area (Å²) in [7, 11) is -6.55. The summed E-state index contributed by atoms with van der Waals surface area (Å²) in [5, 5.41) is 0.440. The fraction of sp³-hybridized carbons (Fsp3) is 0.600. The number of Topliss-reactive ketones (excluding diaryl/α,β-unsaturated/α-hetero) is 1. The Morgan fingerprint density at radius 2 is 1.89 bits per heavy atom. The molecule has 0 unspecified atom stereocenters. The number of allylic oxidation sites excluding steroid dienone is 2. The summed E-state index contributed by atoms with van der Waals surface area (Å²) in [6.07, 6.45) is 3.18. The highest BCUT2D eigenvalue weighted by atomic mass is 32.2. The van der Waals surface area contributed by atoms with Crippen LogP contribution in [0.5, 0.6) is 11.6 Å². The molecular weight excluding hydrogens is 715 g/mol. The predicted molar refractivity (Wildman–Crippen MR) is 201 cm³/mol. The van der Waals surface area contributed by atoms with Gasteiger partial charge in [0, 0.05) is 36.8 Å². The molecule has 1 saturated heterocycles. The van der Waals surface area contributed by atoms with E-state index in [-0.39, 0.29) is 62.0 Å². The van der Waals surface area contributed by atoms with E-state index < -0.39 is 75.0 Å². The van der Waals surface area contributed by atoms with Gasteiger partial charge < -0.3 is 19.1 Å². The van der Waals surface area contributed by atoms with E-state index in [0.29, 0.717) is 36.5 Å². The van der Waals surface area contributed by atoms with E-state index in [1.807, 2.05) is 6.92 Å². The molecule has 2 saturated carbocycles. The number of benzene rings is 1. The molecule has 54 heavy (non-hydrogen) atoms. The van der Waals surface area contributed by atoms with Gasteiger partial charge in [0.25, 0.3) is 0 Å². The number of carbonyl (C=O) groups is 5. The van der Waals surface area contributed by atoms with Crippen molar-refractivity contribution >= 4 is 50.1 Å². The molecule has 2 aromatic rings. The van der Waals surface area contributed by atoms with Crippen molar-refractivity contribution < 1.29 is 50.7 Å². The Kier molecular flexibility index (Phi) is 11.0. The number of nitrogens with one attached hydrogen (secondary N) is 1. The third-order valence-corrected chi connectivity index (χ3v) is 12.1. The van der Waals surface area contributed by atoms with E-state index >= 15 is 0 Å². The molecule has 0 bridgehead atoms. The van der Waals surface area contributed by atoms with Gasteiger partial charge in [-0.3, -0.25) is 28.7 Å². The molecule has 3 aliphatic rings. The molecule has 5 atom stereocenters. The fourth-order valence-corrected chi connectivity index (χ4v) is 8.71. The number of sulfonamides is 1. The topological polar surface area (TPSA) is 175 Å². The Morgan fingerprint density at radius 1 is 1.15 bits per heavy atom. The third kappa shape index (κ3) is 9.85. The van der Waals surface area contributed by atoms with Crippen molar-refractivity contribution in [2.45, 2.75) is 122 Å². The highest BCUT2D eigenvalue weighted by Crippen LogP contribution is 2.58. The number of likely N-dealkylation sites (tertiary alicyclic amines) is 1. The van der Waals surface area contributed by atoms with Crippen LogP contribution in [-0.2, 0) is 38.7 Å². The Morgan fingerprint density at radius 3 is 2.52 bits per heavy atom. The number of nitrogens with zero attached hydrogens (tertiary/aromatic N) is 2. The number of ketones is 2. The zero-order valence-corrected chi connectivity index (χ0v) is 32.6. The van der Waals surface area contributed by atoms with Crippen LogP contribution in [0.4, 0.5) is 0 Å². The van der Waals surface area contributed by atoms with Gasteiger partial charge in [-0.2, -0.15) is 0 Å². The first-order chi connectivity index (χ1) is 26.5. The van der Waals surface area contributed by atoms with Gasteiger partial charge in [0.2, 0.25) is 27.7 Å². The van der Waals surface area contributed by atoms with Gasteiger partial charge in [-0.05, 0) is 102 Å². The molecule has 2 aliphatic carbocycles. The van der Waals surface area contributed by atoms with Crippen LogP contribution >= 0.6 is 0 Å². The van der Waals surface area contributed by atoms with E-state index in [9.17, 15) is 32.4 Å². The molecule has 2 heterocycles. The fourth-order valence-electron chi connectivity index (χ4n) is 7.33. The Labute approximate surface area is 321 Å². The maximum atomic E-state index is 14.6. The average Bonchev–Trinajstić information content (AvgIpc) is 4.01. The smallest absolute Gasteiger partial charge is 0.307 e. The number of methoxy groups -OCH3 is 1. The largest absolute Gasteiger partial charge is 0.497 e. The number of hydrogen-bond donors (Lipinski definition) is 1. The maximum absolute atomic E-state index is 14.6. The number of esters is 1. The molecule has 294 valence electrons. The van der Waals surface area contributed by atoms with Crippen molar-refractivity contribution in [1.29, 1.82) is 0 Å². The molecular formula is C40H53N3O10S. The second-order valence-electron chi connectivity index (χ2n) is 16.1. The summed E-state index contributed by atoms with van der Waals surface area (Å²) < 4.78 is 67.1. The Hall–Kier alpha value is -4.33. The minimum Gasteiger partial charge on any atom is -0.497 e. The van der Waals surface area contributed by atoms with Crippen molar-refractivity contribution in [3.63, 3.8) is 0 Å². The van der Waals surface area contributed by atoms with Crippen LogP contribution in [-0.4, -0.2) is 84.2 Å². The number of fused-ring (bicyclic) bond motifs is 1. The predicted octanol–water partition coefficient (Wildman–Crippen LogP) is 5.24. The minimum absolute atomic E-state index is 0.00156. The normalized spacial score (nSPS) is 24.0. The first-order valence-corrected chi connectivity index (χ1v) is 20.1. The monoisotopic (exact) mass is 770 g/mol. The third-order valence-electron chi connectivity index (χ3n) is 10.2. The SMILES string of the molecule is [2H]C([2H])([2H])Oc1ccc2c(O[C@@H]3C[C@@H](C(=O)C[C@]4(C(=O)NS(=O)(=O)C5CC5)C[C@H]4CC)N(C(=O)[C@H](CCC(=O)C=C(C)C)CC(=O)OC(C)(C)C)C3)nccc2c1. The lowest BCUT2D eigenvalue weighted by Crippen LogP contribution is -2.46. The van der Waals surface area contributed by atoms with E-state index in [4.69, 9.17) is 18.3 Å². The van der Waals surface area contributed by atoms with Crippen LogP contribution in [0.15, 0.2) is 42.1 Å². The average molecular weight is 771 g/mol. The number of amides is 2. The van der Waals surface area contributed by atoms with Gasteiger partial charge in [-0.25, -0.2) is 13.4 Å².